The minimum atomic E-state index is -0.914. The molecule has 0 radical (unpaired) electrons. The number of rotatable bonds is 4. The normalized spacial score (nSPS) is 31.8. The molecule has 0 spiro atoms. The molecule has 2 aliphatic heterocycles. The molecule has 0 aromatic carbocycles. The zero-order valence-electron chi connectivity index (χ0n) is 11.6. The zero-order valence-corrected chi connectivity index (χ0v) is 11.6. The van der Waals surface area contributed by atoms with E-state index in [4.69, 9.17) is 14.2 Å². The first-order chi connectivity index (χ1) is 8.88. The minimum Gasteiger partial charge on any atom is -0.463 e. The zero-order chi connectivity index (χ0) is 14.3. The fourth-order valence-electron chi connectivity index (χ4n) is 2.61. The number of carbonyl (C=O) groups excluding carboxylic acids is 2. The molecule has 2 rings (SSSR count). The summed E-state index contributed by atoms with van der Waals surface area (Å²) in [7, 11) is 0. The molecule has 0 aromatic rings. The highest BCUT2D eigenvalue weighted by Crippen LogP contribution is 2.50. The fraction of sp³-hybridized carbons (Fsp3) is 0.571. The van der Waals surface area contributed by atoms with Crippen molar-refractivity contribution in [2.75, 3.05) is 13.2 Å². The van der Waals surface area contributed by atoms with Gasteiger partial charge in [-0.25, -0.2) is 9.59 Å². The standard InChI is InChI=1S/C14H18O5/c1-5-17-11(15)9-10(12(16)18-6-2)14(4)8-7-13(9,3)19-14/h7-8H,5-6H2,1-4H3. The average Bonchev–Trinajstić information content (AvgIpc) is 2.75. The summed E-state index contributed by atoms with van der Waals surface area (Å²) in [6, 6.07) is 0. The summed E-state index contributed by atoms with van der Waals surface area (Å²) < 4.78 is 15.9. The summed E-state index contributed by atoms with van der Waals surface area (Å²) >= 11 is 0. The first-order valence-electron chi connectivity index (χ1n) is 6.38. The van der Waals surface area contributed by atoms with E-state index in [0.717, 1.165) is 0 Å². The van der Waals surface area contributed by atoms with Gasteiger partial charge in [-0.1, -0.05) is 0 Å². The van der Waals surface area contributed by atoms with Gasteiger partial charge < -0.3 is 14.2 Å². The molecule has 0 amide bonds. The van der Waals surface area contributed by atoms with Crippen LogP contribution in [0.25, 0.3) is 0 Å². The highest BCUT2D eigenvalue weighted by atomic mass is 16.6. The molecule has 0 saturated carbocycles. The van der Waals surface area contributed by atoms with Crippen LogP contribution in [0.4, 0.5) is 0 Å². The van der Waals surface area contributed by atoms with Gasteiger partial charge in [0, 0.05) is 0 Å². The van der Waals surface area contributed by atoms with E-state index in [9.17, 15) is 9.59 Å². The van der Waals surface area contributed by atoms with Crippen molar-refractivity contribution in [3.8, 4) is 0 Å². The molecule has 5 heteroatoms. The van der Waals surface area contributed by atoms with Crippen LogP contribution < -0.4 is 0 Å². The minimum absolute atomic E-state index is 0.245. The third kappa shape index (κ3) is 1.98. The molecule has 2 heterocycles. The van der Waals surface area contributed by atoms with E-state index in [0.29, 0.717) is 0 Å². The molecule has 5 nitrogen and oxygen atoms in total. The fourth-order valence-corrected chi connectivity index (χ4v) is 2.61. The van der Waals surface area contributed by atoms with E-state index < -0.39 is 23.1 Å². The van der Waals surface area contributed by atoms with Crippen LogP contribution in [-0.4, -0.2) is 36.4 Å². The number of ether oxygens (including phenoxy) is 3. The molecule has 0 aromatic heterocycles. The van der Waals surface area contributed by atoms with Crippen molar-refractivity contribution in [2.24, 2.45) is 0 Å². The van der Waals surface area contributed by atoms with Gasteiger partial charge in [-0.15, -0.1) is 0 Å². The molecular formula is C14H18O5. The molecule has 2 bridgehead atoms. The summed E-state index contributed by atoms with van der Waals surface area (Å²) in [6.45, 7) is 7.41. The van der Waals surface area contributed by atoms with Gasteiger partial charge in [-0.05, 0) is 39.8 Å². The molecule has 19 heavy (non-hydrogen) atoms. The van der Waals surface area contributed by atoms with Gasteiger partial charge in [-0.3, -0.25) is 0 Å². The summed E-state index contributed by atoms with van der Waals surface area (Å²) in [5.74, 6) is -1.05. The monoisotopic (exact) mass is 266 g/mol. The first-order valence-corrected chi connectivity index (χ1v) is 6.38. The smallest absolute Gasteiger partial charge is 0.337 e. The van der Waals surface area contributed by atoms with Gasteiger partial charge in [0.1, 0.15) is 11.2 Å². The van der Waals surface area contributed by atoms with Gasteiger partial charge in [0.05, 0.1) is 24.4 Å². The van der Waals surface area contributed by atoms with Crippen molar-refractivity contribution in [3.05, 3.63) is 23.3 Å². The quantitative estimate of drug-likeness (QED) is 0.570. The third-order valence-corrected chi connectivity index (χ3v) is 3.35. The van der Waals surface area contributed by atoms with E-state index in [1.54, 1.807) is 39.8 Å². The average molecular weight is 266 g/mol. The Balaban J connectivity index is 2.49. The van der Waals surface area contributed by atoms with Crippen LogP contribution in [-0.2, 0) is 23.8 Å². The number of hydrogen-bond donors (Lipinski definition) is 0. The van der Waals surface area contributed by atoms with Crippen LogP contribution in [0.2, 0.25) is 0 Å². The Morgan fingerprint density at radius 1 is 1.00 bits per heavy atom. The van der Waals surface area contributed by atoms with Crippen LogP contribution in [0.5, 0.6) is 0 Å². The molecule has 2 aliphatic rings. The highest BCUT2D eigenvalue weighted by Gasteiger charge is 2.58. The van der Waals surface area contributed by atoms with Gasteiger partial charge in [-0.2, -0.15) is 0 Å². The molecule has 0 N–H and O–H groups in total. The number of carbonyl (C=O) groups is 2. The van der Waals surface area contributed by atoms with Gasteiger partial charge >= 0.3 is 11.9 Å². The second-order valence-electron chi connectivity index (χ2n) is 4.84. The Morgan fingerprint density at radius 3 is 1.68 bits per heavy atom. The SMILES string of the molecule is CCOC(=O)C1=C(C(=O)OCC)C2(C)C=CC1(C)O2. The first kappa shape index (κ1) is 13.8. The lowest BCUT2D eigenvalue weighted by Gasteiger charge is -2.20. The summed E-state index contributed by atoms with van der Waals surface area (Å²) in [6.07, 6.45) is 3.56. The Kier molecular flexibility index (Phi) is 3.26. The summed E-state index contributed by atoms with van der Waals surface area (Å²) in [5, 5.41) is 0. The van der Waals surface area contributed by atoms with Crippen LogP contribution in [0.15, 0.2) is 23.3 Å². The Hall–Kier alpha value is -1.62. The van der Waals surface area contributed by atoms with E-state index in [-0.39, 0.29) is 24.4 Å². The molecule has 2 atom stereocenters. The van der Waals surface area contributed by atoms with Crippen molar-refractivity contribution in [1.82, 2.24) is 0 Å². The lowest BCUT2D eigenvalue weighted by Crippen LogP contribution is -2.30. The molecule has 0 fully saturated rings. The largest absolute Gasteiger partial charge is 0.463 e. The highest BCUT2D eigenvalue weighted by molar-refractivity contribution is 6.05. The maximum atomic E-state index is 12.1. The molecular weight excluding hydrogens is 248 g/mol. The Labute approximate surface area is 112 Å². The number of esters is 2. The molecule has 104 valence electrons. The summed E-state index contributed by atoms with van der Waals surface area (Å²) in [4.78, 5) is 24.2. The van der Waals surface area contributed by atoms with E-state index >= 15 is 0 Å². The van der Waals surface area contributed by atoms with Crippen LogP contribution in [0, 0.1) is 0 Å². The van der Waals surface area contributed by atoms with E-state index in [1.807, 2.05) is 0 Å². The lowest BCUT2D eigenvalue weighted by molar-refractivity contribution is -0.142. The topological polar surface area (TPSA) is 61.8 Å². The van der Waals surface area contributed by atoms with Gasteiger partial charge in [0.2, 0.25) is 0 Å². The maximum absolute atomic E-state index is 12.1. The number of hydrogen-bond acceptors (Lipinski definition) is 5. The lowest BCUT2D eigenvalue weighted by atomic mass is 9.83. The summed E-state index contributed by atoms with van der Waals surface area (Å²) in [5.41, 5.74) is -1.33. The second-order valence-corrected chi connectivity index (χ2v) is 4.84. The van der Waals surface area contributed by atoms with E-state index in [2.05, 4.69) is 0 Å². The van der Waals surface area contributed by atoms with Crippen LogP contribution in [0.1, 0.15) is 27.7 Å². The van der Waals surface area contributed by atoms with Crippen molar-refractivity contribution < 1.29 is 23.8 Å². The van der Waals surface area contributed by atoms with Gasteiger partial charge in [0.25, 0.3) is 0 Å². The van der Waals surface area contributed by atoms with Crippen molar-refractivity contribution in [2.45, 2.75) is 38.9 Å². The van der Waals surface area contributed by atoms with Gasteiger partial charge in [0.15, 0.2) is 0 Å². The van der Waals surface area contributed by atoms with Crippen molar-refractivity contribution in [1.29, 1.82) is 0 Å². The Bertz CT molecular complexity index is 448. The van der Waals surface area contributed by atoms with Crippen molar-refractivity contribution >= 4 is 11.9 Å². The predicted molar refractivity (Wildman–Crippen MR) is 67.3 cm³/mol. The van der Waals surface area contributed by atoms with Crippen LogP contribution >= 0.6 is 0 Å². The molecule has 2 unspecified atom stereocenters. The van der Waals surface area contributed by atoms with E-state index in [1.165, 1.54) is 0 Å². The predicted octanol–water partition coefficient (Wildman–Crippen LogP) is 1.53. The second kappa shape index (κ2) is 4.49. The number of fused-ring (bicyclic) bond motifs is 2. The molecule has 0 saturated heterocycles. The maximum Gasteiger partial charge on any atom is 0.337 e. The Morgan fingerprint density at radius 2 is 1.37 bits per heavy atom. The van der Waals surface area contributed by atoms with Crippen molar-refractivity contribution in [3.63, 3.8) is 0 Å². The van der Waals surface area contributed by atoms with Crippen LogP contribution in [0.3, 0.4) is 0 Å². The molecule has 0 aliphatic carbocycles. The third-order valence-electron chi connectivity index (χ3n) is 3.35.